The molecule has 1 aromatic carbocycles. The van der Waals surface area contributed by atoms with E-state index < -0.39 is 75.6 Å². The smallest absolute Gasteiger partial charge is 0.255 e. The molecule has 4 rings (SSSR count). The van der Waals surface area contributed by atoms with Crippen LogP contribution in [0.2, 0.25) is 0 Å². The summed E-state index contributed by atoms with van der Waals surface area (Å²) >= 11 is 0. The van der Waals surface area contributed by atoms with Gasteiger partial charge in [0.25, 0.3) is 5.91 Å². The molecule has 0 aromatic heterocycles. The molecule has 0 radical (unpaired) electrons. The molecule has 6 atom stereocenters. The van der Waals surface area contributed by atoms with Gasteiger partial charge in [-0.05, 0) is 31.6 Å². The average molecular weight is 444 g/mol. The number of carbonyl (C=O) groups is 3. The number of Topliss-reactive ketones (excluding diaryl/α,β-unsaturated/α-hetero) is 2. The number of benzene rings is 1. The highest BCUT2D eigenvalue weighted by atomic mass is 16.4. The summed E-state index contributed by atoms with van der Waals surface area (Å²) < 4.78 is 0. The zero-order valence-electron chi connectivity index (χ0n) is 17.6. The Morgan fingerprint density at radius 3 is 2.34 bits per heavy atom. The summed E-state index contributed by atoms with van der Waals surface area (Å²) in [7, 11) is 2.92. The molecule has 10 heteroatoms. The fourth-order valence-corrected chi connectivity index (χ4v) is 5.58. The van der Waals surface area contributed by atoms with Crippen molar-refractivity contribution in [3.05, 3.63) is 46.2 Å². The van der Waals surface area contributed by atoms with Gasteiger partial charge in [-0.1, -0.05) is 19.1 Å². The van der Waals surface area contributed by atoms with Gasteiger partial charge in [0, 0.05) is 11.5 Å². The highest BCUT2D eigenvalue weighted by Crippen LogP contribution is 2.55. The van der Waals surface area contributed by atoms with Crippen molar-refractivity contribution < 1.29 is 39.9 Å². The number of nitrogens with zero attached hydrogens (tertiary/aromatic N) is 1. The third-order valence-corrected chi connectivity index (χ3v) is 6.99. The number of ketones is 2. The summed E-state index contributed by atoms with van der Waals surface area (Å²) in [6.07, 6.45) is -1.59. The van der Waals surface area contributed by atoms with Gasteiger partial charge in [0.15, 0.2) is 11.4 Å². The van der Waals surface area contributed by atoms with Crippen molar-refractivity contribution in [2.75, 3.05) is 14.1 Å². The number of amides is 1. The number of rotatable bonds is 2. The molecule has 1 aromatic rings. The number of likely N-dealkylation sites (N-methyl/N-ethyl adjacent to an activating group) is 1. The van der Waals surface area contributed by atoms with Gasteiger partial charge >= 0.3 is 0 Å². The summed E-state index contributed by atoms with van der Waals surface area (Å²) in [6, 6.07) is 3.13. The van der Waals surface area contributed by atoms with Crippen LogP contribution < -0.4 is 5.73 Å². The minimum Gasteiger partial charge on any atom is -0.508 e. The number of nitrogens with two attached hydrogens (primary N) is 1. The quantitative estimate of drug-likeness (QED) is 0.327. The Labute approximate surface area is 182 Å². The molecule has 0 aliphatic heterocycles. The van der Waals surface area contributed by atoms with Crippen LogP contribution in [0.25, 0.3) is 5.76 Å². The molecular weight excluding hydrogens is 420 g/mol. The second kappa shape index (κ2) is 6.89. The van der Waals surface area contributed by atoms with Crippen molar-refractivity contribution in [3.8, 4) is 5.75 Å². The van der Waals surface area contributed by atoms with Gasteiger partial charge in [-0.25, -0.2) is 0 Å². The Morgan fingerprint density at radius 1 is 1.16 bits per heavy atom. The summed E-state index contributed by atoms with van der Waals surface area (Å²) in [6.45, 7) is 1.68. The van der Waals surface area contributed by atoms with Crippen LogP contribution in [0.15, 0.2) is 35.1 Å². The number of fused-ring (bicyclic) bond motifs is 3. The van der Waals surface area contributed by atoms with E-state index in [4.69, 9.17) is 5.73 Å². The molecule has 0 bridgehead atoms. The topological polar surface area (TPSA) is 182 Å². The van der Waals surface area contributed by atoms with Crippen LogP contribution >= 0.6 is 0 Å². The van der Waals surface area contributed by atoms with Crippen LogP contribution in [-0.4, -0.2) is 79.7 Å². The predicted octanol–water partition coefficient (Wildman–Crippen LogP) is -0.504. The lowest BCUT2D eigenvalue weighted by molar-refractivity contribution is -0.169. The Hall–Kier alpha value is -3.21. The van der Waals surface area contributed by atoms with Crippen molar-refractivity contribution in [1.82, 2.24) is 4.90 Å². The van der Waals surface area contributed by atoms with E-state index in [1.807, 2.05) is 0 Å². The number of hydrogen-bond donors (Lipinski definition) is 6. The van der Waals surface area contributed by atoms with Gasteiger partial charge in [0.05, 0.1) is 23.6 Å². The monoisotopic (exact) mass is 444 g/mol. The normalized spacial score (nSPS) is 34.4. The number of primary amides is 1. The Morgan fingerprint density at radius 2 is 1.78 bits per heavy atom. The first-order valence-corrected chi connectivity index (χ1v) is 10.0. The number of carbonyl (C=O) groups excluding carboxylic acids is 3. The van der Waals surface area contributed by atoms with Crippen LogP contribution in [0.1, 0.15) is 24.0 Å². The first-order chi connectivity index (χ1) is 14.9. The molecular formula is C22H24N2O8. The molecule has 170 valence electrons. The molecule has 1 saturated carbocycles. The SMILES string of the molecule is C[C@@H]1c2cccc(O)c2C(O)=C2C(=O)[C@]3(O)C(O)=C(C(N)=O)C(=O)[C@H](N(C)C)[C@H]3[C@H](O)[C@@H]21. The maximum Gasteiger partial charge on any atom is 0.255 e. The molecule has 0 spiro atoms. The van der Waals surface area contributed by atoms with E-state index in [0.717, 1.165) is 0 Å². The highest BCUT2D eigenvalue weighted by Gasteiger charge is 2.68. The third-order valence-electron chi connectivity index (χ3n) is 6.99. The van der Waals surface area contributed by atoms with Crippen molar-refractivity contribution in [2.24, 2.45) is 17.6 Å². The maximum atomic E-state index is 13.7. The molecule has 0 heterocycles. The predicted molar refractivity (Wildman–Crippen MR) is 110 cm³/mol. The van der Waals surface area contributed by atoms with Gasteiger partial charge < -0.3 is 31.3 Å². The number of phenols is 1. The minimum atomic E-state index is -2.89. The molecule has 3 aliphatic rings. The van der Waals surface area contributed by atoms with Crippen LogP contribution in [-0.2, 0) is 14.4 Å². The van der Waals surface area contributed by atoms with E-state index in [0.29, 0.717) is 5.56 Å². The number of phenolic OH excluding ortho intramolecular Hbond substituents is 1. The van der Waals surface area contributed by atoms with Gasteiger partial charge in [-0.3, -0.25) is 19.3 Å². The van der Waals surface area contributed by atoms with E-state index in [9.17, 15) is 39.9 Å². The molecule has 32 heavy (non-hydrogen) atoms. The zero-order chi connectivity index (χ0) is 23.9. The van der Waals surface area contributed by atoms with E-state index in [-0.39, 0.29) is 11.3 Å². The lowest BCUT2D eigenvalue weighted by Crippen LogP contribution is -2.70. The molecule has 7 N–H and O–H groups in total. The van der Waals surface area contributed by atoms with Crippen molar-refractivity contribution in [3.63, 3.8) is 0 Å². The van der Waals surface area contributed by atoms with Crippen LogP contribution in [0.4, 0.5) is 0 Å². The largest absolute Gasteiger partial charge is 0.508 e. The lowest BCUT2D eigenvalue weighted by atomic mass is 9.54. The number of aliphatic hydroxyl groups is 4. The molecule has 1 fully saturated rings. The van der Waals surface area contributed by atoms with Crippen molar-refractivity contribution in [1.29, 1.82) is 0 Å². The Balaban J connectivity index is 2.07. The molecule has 10 nitrogen and oxygen atoms in total. The van der Waals surface area contributed by atoms with Gasteiger partial charge in [-0.15, -0.1) is 0 Å². The standard InChI is InChI=1S/C22H24N2O8/c1-7-8-5-4-6-9(25)11(8)16(26)12-10(7)17(27)14-15(24(2)3)18(28)13(21(23)31)20(30)22(14,32)19(12)29/h4-7,10,14-15,17,25-27,30,32H,1-3H3,(H2,23,31)/t7-,10-,14+,15-,17-,22+/m1/s1. The van der Waals surface area contributed by atoms with Crippen LogP contribution in [0.5, 0.6) is 5.75 Å². The van der Waals surface area contributed by atoms with E-state index in [1.54, 1.807) is 19.1 Å². The second-order valence-electron chi connectivity index (χ2n) is 8.79. The second-order valence-corrected chi connectivity index (χ2v) is 8.79. The highest BCUT2D eigenvalue weighted by molar-refractivity contribution is 6.24. The fourth-order valence-electron chi connectivity index (χ4n) is 5.58. The summed E-state index contributed by atoms with van der Waals surface area (Å²) in [5.74, 6) is -8.87. The van der Waals surface area contributed by atoms with E-state index >= 15 is 0 Å². The average Bonchev–Trinajstić information content (AvgIpc) is 2.70. The molecule has 1 amide bonds. The Kier molecular flexibility index (Phi) is 4.74. The maximum absolute atomic E-state index is 13.7. The minimum absolute atomic E-state index is 0.0245. The zero-order valence-corrected chi connectivity index (χ0v) is 17.6. The van der Waals surface area contributed by atoms with E-state index in [2.05, 4.69) is 0 Å². The third kappa shape index (κ3) is 2.48. The molecule has 3 aliphatic carbocycles. The number of aromatic hydroxyl groups is 1. The van der Waals surface area contributed by atoms with Gasteiger partial charge in [0.2, 0.25) is 5.78 Å². The number of aliphatic hydroxyl groups excluding tert-OH is 3. The van der Waals surface area contributed by atoms with Gasteiger partial charge in [0.1, 0.15) is 22.8 Å². The summed E-state index contributed by atoms with van der Waals surface area (Å²) in [5.41, 5.74) is 1.47. The van der Waals surface area contributed by atoms with E-state index in [1.165, 1.54) is 25.1 Å². The molecule has 0 saturated heterocycles. The number of hydrogen-bond acceptors (Lipinski definition) is 9. The lowest BCUT2D eigenvalue weighted by Gasteiger charge is -2.53. The van der Waals surface area contributed by atoms with Crippen LogP contribution in [0.3, 0.4) is 0 Å². The summed E-state index contributed by atoms with van der Waals surface area (Å²) in [5, 5.41) is 54.9. The van der Waals surface area contributed by atoms with Crippen molar-refractivity contribution >= 4 is 23.2 Å². The van der Waals surface area contributed by atoms with Crippen molar-refractivity contribution in [2.45, 2.75) is 30.6 Å². The van der Waals surface area contributed by atoms with Gasteiger partial charge in [-0.2, -0.15) is 0 Å². The first-order valence-electron chi connectivity index (χ1n) is 10.0. The Bertz CT molecular complexity index is 1140. The molecule has 0 unspecified atom stereocenters. The fraction of sp³-hybridized carbons (Fsp3) is 0.409. The summed E-state index contributed by atoms with van der Waals surface area (Å²) in [4.78, 5) is 40.0. The van der Waals surface area contributed by atoms with Crippen LogP contribution in [0, 0.1) is 11.8 Å². The first kappa shape index (κ1) is 22.0.